The van der Waals surface area contributed by atoms with Gasteiger partial charge in [0.2, 0.25) is 0 Å². The molecule has 128 valence electrons. The van der Waals surface area contributed by atoms with Crippen LogP contribution < -0.4 is 9.04 Å². The van der Waals surface area contributed by atoms with Crippen LogP contribution in [-0.4, -0.2) is 21.0 Å². The number of halogens is 3. The number of anilines is 1. The highest BCUT2D eigenvalue weighted by molar-refractivity contribution is 7.94. The number of hydrogen-bond acceptors (Lipinski definition) is 3. The van der Waals surface area contributed by atoms with Gasteiger partial charge >= 0.3 is 15.5 Å². The number of nitrogens with zero attached hydrogens (tertiary/aromatic N) is 1. The molecule has 0 saturated carbocycles. The van der Waals surface area contributed by atoms with E-state index in [1.807, 2.05) is 0 Å². The fourth-order valence-electron chi connectivity index (χ4n) is 2.01. The standard InChI is InChI=1S/C16H14F3NO3S/c1-12(13-8-10-15(23-2)11-9-13)20(14-6-4-3-5-7-14)24(21,22)16(17,18)19/h3-11H,1H2,2H3. The highest BCUT2D eigenvalue weighted by Gasteiger charge is 2.51. The Hall–Kier alpha value is -2.48. The number of ether oxygens (including phenoxy) is 1. The van der Waals surface area contributed by atoms with E-state index in [-0.39, 0.29) is 21.3 Å². The Morgan fingerprint density at radius 3 is 2.04 bits per heavy atom. The van der Waals surface area contributed by atoms with E-state index in [0.29, 0.717) is 5.75 Å². The number of para-hydroxylation sites is 1. The van der Waals surface area contributed by atoms with Crippen LogP contribution >= 0.6 is 0 Å². The summed E-state index contributed by atoms with van der Waals surface area (Å²) in [4.78, 5) is 0. The van der Waals surface area contributed by atoms with Gasteiger partial charge < -0.3 is 4.74 Å². The molecule has 0 heterocycles. The van der Waals surface area contributed by atoms with Crippen LogP contribution in [0, 0.1) is 0 Å². The molecule has 0 spiro atoms. The van der Waals surface area contributed by atoms with Gasteiger partial charge in [0.05, 0.1) is 18.5 Å². The summed E-state index contributed by atoms with van der Waals surface area (Å²) in [6.45, 7) is 3.54. The summed E-state index contributed by atoms with van der Waals surface area (Å²) < 4.78 is 68.4. The summed E-state index contributed by atoms with van der Waals surface area (Å²) in [5, 5.41) is 0. The van der Waals surface area contributed by atoms with Gasteiger partial charge in [0.1, 0.15) is 5.75 Å². The number of rotatable bonds is 5. The highest BCUT2D eigenvalue weighted by atomic mass is 32.2. The largest absolute Gasteiger partial charge is 0.517 e. The Labute approximate surface area is 137 Å². The van der Waals surface area contributed by atoms with Crippen molar-refractivity contribution >= 4 is 21.4 Å². The zero-order valence-electron chi connectivity index (χ0n) is 12.6. The number of benzene rings is 2. The Morgan fingerprint density at radius 2 is 1.58 bits per heavy atom. The Balaban J connectivity index is 2.56. The van der Waals surface area contributed by atoms with Gasteiger partial charge in [-0.15, -0.1) is 0 Å². The first-order chi connectivity index (χ1) is 11.2. The molecule has 0 atom stereocenters. The van der Waals surface area contributed by atoms with Crippen molar-refractivity contribution in [1.82, 2.24) is 0 Å². The van der Waals surface area contributed by atoms with Crippen LogP contribution in [0.15, 0.2) is 61.2 Å². The lowest BCUT2D eigenvalue weighted by Gasteiger charge is -2.27. The van der Waals surface area contributed by atoms with E-state index < -0.39 is 15.5 Å². The Morgan fingerprint density at radius 1 is 1.04 bits per heavy atom. The zero-order valence-corrected chi connectivity index (χ0v) is 13.4. The second-order valence-corrected chi connectivity index (χ2v) is 6.50. The van der Waals surface area contributed by atoms with Gasteiger partial charge in [-0.1, -0.05) is 24.8 Å². The highest BCUT2D eigenvalue weighted by Crippen LogP contribution is 2.36. The lowest BCUT2D eigenvalue weighted by molar-refractivity contribution is -0.0435. The van der Waals surface area contributed by atoms with Gasteiger partial charge in [0, 0.05) is 0 Å². The van der Waals surface area contributed by atoms with Crippen LogP contribution in [0.5, 0.6) is 5.75 Å². The summed E-state index contributed by atoms with van der Waals surface area (Å²) in [7, 11) is -4.21. The van der Waals surface area contributed by atoms with Crippen LogP contribution in [0.2, 0.25) is 0 Å². The van der Waals surface area contributed by atoms with E-state index in [1.54, 1.807) is 6.07 Å². The quantitative estimate of drug-likeness (QED) is 0.812. The fraction of sp³-hybridized carbons (Fsp3) is 0.125. The van der Waals surface area contributed by atoms with E-state index in [9.17, 15) is 21.6 Å². The van der Waals surface area contributed by atoms with Crippen LogP contribution in [0.25, 0.3) is 5.70 Å². The van der Waals surface area contributed by atoms with E-state index in [4.69, 9.17) is 4.74 Å². The average molecular weight is 357 g/mol. The minimum Gasteiger partial charge on any atom is -0.497 e. The van der Waals surface area contributed by atoms with Crippen molar-refractivity contribution in [2.24, 2.45) is 0 Å². The molecule has 0 saturated heterocycles. The van der Waals surface area contributed by atoms with Gasteiger partial charge in [-0.3, -0.25) is 0 Å². The molecular formula is C16H14F3NO3S. The molecule has 0 N–H and O–H groups in total. The summed E-state index contributed by atoms with van der Waals surface area (Å²) in [5.41, 5.74) is -5.72. The zero-order chi connectivity index (χ0) is 18.0. The fourth-order valence-corrected chi connectivity index (χ4v) is 3.01. The van der Waals surface area contributed by atoms with Crippen LogP contribution in [-0.2, 0) is 10.0 Å². The third-order valence-corrected chi connectivity index (χ3v) is 4.69. The molecule has 8 heteroatoms. The normalized spacial score (nSPS) is 11.8. The SMILES string of the molecule is C=C(c1ccc(OC)cc1)N(c1ccccc1)S(=O)(=O)C(F)(F)F. The molecule has 0 aliphatic carbocycles. The van der Waals surface area contributed by atoms with Crippen molar-refractivity contribution in [3.05, 3.63) is 66.7 Å². The van der Waals surface area contributed by atoms with E-state index in [1.165, 1.54) is 55.6 Å². The molecule has 0 amide bonds. The third kappa shape index (κ3) is 3.38. The average Bonchev–Trinajstić information content (AvgIpc) is 2.55. The molecule has 2 aromatic carbocycles. The molecule has 2 rings (SSSR count). The smallest absolute Gasteiger partial charge is 0.497 e. The van der Waals surface area contributed by atoms with Crippen molar-refractivity contribution in [2.45, 2.75) is 5.51 Å². The van der Waals surface area contributed by atoms with Gasteiger partial charge in [0.15, 0.2) is 0 Å². The molecule has 0 aliphatic rings. The van der Waals surface area contributed by atoms with Gasteiger partial charge in [0.25, 0.3) is 0 Å². The Kier molecular flexibility index (Phi) is 4.88. The maximum atomic E-state index is 13.1. The van der Waals surface area contributed by atoms with Crippen LogP contribution in [0.3, 0.4) is 0 Å². The maximum Gasteiger partial charge on any atom is 0.517 e. The summed E-state index contributed by atoms with van der Waals surface area (Å²) in [6, 6.07) is 12.8. The second-order valence-electron chi connectivity index (χ2n) is 4.73. The van der Waals surface area contributed by atoms with Crippen molar-refractivity contribution in [3.63, 3.8) is 0 Å². The van der Waals surface area contributed by atoms with Crippen LogP contribution in [0.1, 0.15) is 5.56 Å². The van der Waals surface area contributed by atoms with E-state index >= 15 is 0 Å². The van der Waals surface area contributed by atoms with E-state index in [2.05, 4.69) is 6.58 Å². The lowest BCUT2D eigenvalue weighted by Crippen LogP contribution is -2.39. The number of methoxy groups -OCH3 is 1. The van der Waals surface area contributed by atoms with Gasteiger partial charge in [-0.25, -0.2) is 4.31 Å². The first kappa shape index (κ1) is 17.9. The van der Waals surface area contributed by atoms with E-state index in [0.717, 1.165) is 0 Å². The minimum atomic E-state index is -5.65. The predicted octanol–water partition coefficient (Wildman–Crippen LogP) is 4.02. The molecule has 0 aromatic heterocycles. The maximum absolute atomic E-state index is 13.1. The van der Waals surface area contributed by atoms with Gasteiger partial charge in [-0.05, 0) is 42.0 Å². The molecular weight excluding hydrogens is 343 g/mol. The monoisotopic (exact) mass is 357 g/mol. The van der Waals surface area contributed by atoms with Gasteiger partial charge in [-0.2, -0.15) is 21.6 Å². The summed E-state index contributed by atoms with van der Waals surface area (Å²) in [5.74, 6) is 0.483. The first-order valence-corrected chi connectivity index (χ1v) is 8.12. The molecule has 24 heavy (non-hydrogen) atoms. The topological polar surface area (TPSA) is 46.6 Å². The van der Waals surface area contributed by atoms with Crippen LogP contribution in [0.4, 0.5) is 18.9 Å². The first-order valence-electron chi connectivity index (χ1n) is 6.68. The summed E-state index contributed by atoms with van der Waals surface area (Å²) in [6.07, 6.45) is 0. The van der Waals surface area contributed by atoms with Crippen molar-refractivity contribution < 1.29 is 26.3 Å². The lowest BCUT2D eigenvalue weighted by atomic mass is 10.1. The molecule has 0 aliphatic heterocycles. The molecule has 0 fully saturated rings. The number of hydrogen-bond donors (Lipinski definition) is 0. The van der Waals surface area contributed by atoms with Crippen molar-refractivity contribution in [1.29, 1.82) is 0 Å². The Bertz CT molecular complexity index is 816. The van der Waals surface area contributed by atoms with Crippen molar-refractivity contribution in [3.8, 4) is 5.75 Å². The third-order valence-electron chi connectivity index (χ3n) is 3.19. The second kappa shape index (κ2) is 6.56. The molecule has 0 bridgehead atoms. The number of sulfonamides is 1. The molecule has 2 aromatic rings. The van der Waals surface area contributed by atoms with Crippen molar-refractivity contribution in [2.75, 3.05) is 11.4 Å². The minimum absolute atomic E-state index is 0.157. The molecule has 0 radical (unpaired) electrons. The summed E-state index contributed by atoms with van der Waals surface area (Å²) >= 11 is 0. The number of alkyl halides is 3. The predicted molar refractivity (Wildman–Crippen MR) is 85.9 cm³/mol. The molecule has 0 unspecified atom stereocenters. The molecule has 4 nitrogen and oxygen atoms in total.